The summed E-state index contributed by atoms with van der Waals surface area (Å²) >= 11 is 0. The number of carboxylic acid groups (broad SMARTS) is 1. The van der Waals surface area contributed by atoms with Gasteiger partial charge in [-0.2, -0.15) is 0 Å². The summed E-state index contributed by atoms with van der Waals surface area (Å²) in [5, 5.41) is 12.3. The molecule has 4 unspecified atom stereocenters. The van der Waals surface area contributed by atoms with E-state index in [1.54, 1.807) is 19.2 Å². The molecule has 5 nitrogen and oxygen atoms in total. The van der Waals surface area contributed by atoms with Gasteiger partial charge in [-0.1, -0.05) is 36.4 Å². The van der Waals surface area contributed by atoms with Gasteiger partial charge in [0, 0.05) is 12.3 Å². The minimum atomic E-state index is -1.02. The Morgan fingerprint density at radius 1 is 1.23 bits per heavy atom. The summed E-state index contributed by atoms with van der Waals surface area (Å²) in [6.07, 6.45) is 1.14. The standard InChI is InChI=1S/C21H21NO4/c1-26-14-7-4-5-12(9-14)10-17(21(24)25)22-20(23)19-16-11-13-6-2-3-8-15(13)18(16)19/h2-9,16-19H,10-11H2,1H3,(H,22,23)(H,24,25). The third-order valence-corrected chi connectivity index (χ3v) is 5.53. The predicted molar refractivity (Wildman–Crippen MR) is 96.1 cm³/mol. The number of carbonyl (C=O) groups is 2. The van der Waals surface area contributed by atoms with Crippen molar-refractivity contribution in [2.24, 2.45) is 11.8 Å². The fourth-order valence-electron chi connectivity index (χ4n) is 4.21. The molecule has 2 N–H and O–H groups in total. The summed E-state index contributed by atoms with van der Waals surface area (Å²) in [5.41, 5.74) is 3.38. The molecule has 1 fully saturated rings. The van der Waals surface area contributed by atoms with Gasteiger partial charge in [0.1, 0.15) is 11.8 Å². The lowest BCUT2D eigenvalue weighted by molar-refractivity contribution is -0.142. The number of ether oxygens (including phenoxy) is 1. The largest absolute Gasteiger partial charge is 0.497 e. The molecule has 4 rings (SSSR count). The maximum atomic E-state index is 12.7. The van der Waals surface area contributed by atoms with Crippen LogP contribution in [0.2, 0.25) is 0 Å². The van der Waals surface area contributed by atoms with Crippen molar-refractivity contribution in [2.45, 2.75) is 24.8 Å². The van der Waals surface area contributed by atoms with Crippen molar-refractivity contribution in [1.82, 2.24) is 5.32 Å². The van der Waals surface area contributed by atoms with Gasteiger partial charge in [-0.05, 0) is 47.1 Å². The van der Waals surface area contributed by atoms with Gasteiger partial charge < -0.3 is 15.2 Å². The van der Waals surface area contributed by atoms with Crippen LogP contribution in [0.25, 0.3) is 0 Å². The third kappa shape index (κ3) is 2.94. The molecule has 0 aliphatic heterocycles. The number of carboxylic acids is 1. The van der Waals surface area contributed by atoms with Gasteiger partial charge in [-0.25, -0.2) is 4.79 Å². The molecule has 0 radical (unpaired) electrons. The fourth-order valence-corrected chi connectivity index (χ4v) is 4.21. The highest BCUT2D eigenvalue weighted by atomic mass is 16.5. The van der Waals surface area contributed by atoms with Crippen LogP contribution in [0.15, 0.2) is 48.5 Å². The van der Waals surface area contributed by atoms with Crippen LogP contribution in [0.4, 0.5) is 0 Å². The molecule has 0 bridgehead atoms. The molecule has 134 valence electrons. The molecule has 26 heavy (non-hydrogen) atoms. The van der Waals surface area contributed by atoms with Gasteiger partial charge in [0.05, 0.1) is 7.11 Å². The topological polar surface area (TPSA) is 75.6 Å². The molecule has 2 aromatic rings. The number of benzene rings is 2. The molecule has 1 amide bonds. The summed E-state index contributed by atoms with van der Waals surface area (Å²) in [6.45, 7) is 0. The number of rotatable bonds is 6. The Kier molecular flexibility index (Phi) is 4.15. The van der Waals surface area contributed by atoms with E-state index in [4.69, 9.17) is 4.74 Å². The molecule has 2 aromatic carbocycles. The lowest BCUT2D eigenvalue weighted by Gasteiger charge is -2.16. The average molecular weight is 351 g/mol. The van der Waals surface area contributed by atoms with E-state index in [9.17, 15) is 14.7 Å². The SMILES string of the molecule is COc1cccc(CC(NC(=O)C2C3Cc4ccccc4C32)C(=O)O)c1. The summed E-state index contributed by atoms with van der Waals surface area (Å²) in [6, 6.07) is 14.5. The number of aliphatic carboxylic acids is 1. The molecule has 2 aliphatic rings. The van der Waals surface area contributed by atoms with E-state index >= 15 is 0 Å². The molecule has 0 aromatic heterocycles. The van der Waals surface area contributed by atoms with E-state index in [-0.39, 0.29) is 24.2 Å². The third-order valence-electron chi connectivity index (χ3n) is 5.53. The Labute approximate surface area is 152 Å². The Morgan fingerprint density at radius 3 is 2.81 bits per heavy atom. The minimum Gasteiger partial charge on any atom is -0.497 e. The zero-order valence-corrected chi connectivity index (χ0v) is 14.5. The highest BCUT2D eigenvalue weighted by molar-refractivity contribution is 5.89. The van der Waals surface area contributed by atoms with Gasteiger partial charge >= 0.3 is 5.97 Å². The van der Waals surface area contributed by atoms with Crippen LogP contribution in [-0.2, 0) is 22.4 Å². The van der Waals surface area contributed by atoms with Crippen LogP contribution < -0.4 is 10.1 Å². The van der Waals surface area contributed by atoms with E-state index < -0.39 is 12.0 Å². The van der Waals surface area contributed by atoms with E-state index in [0.29, 0.717) is 11.7 Å². The van der Waals surface area contributed by atoms with Crippen molar-refractivity contribution in [3.63, 3.8) is 0 Å². The smallest absolute Gasteiger partial charge is 0.326 e. The molecule has 1 saturated carbocycles. The highest BCUT2D eigenvalue weighted by Crippen LogP contribution is 2.61. The maximum Gasteiger partial charge on any atom is 0.326 e. The second-order valence-electron chi connectivity index (χ2n) is 7.07. The number of hydrogen-bond donors (Lipinski definition) is 2. The monoisotopic (exact) mass is 351 g/mol. The molecule has 4 atom stereocenters. The Balaban J connectivity index is 1.43. The van der Waals surface area contributed by atoms with Crippen molar-refractivity contribution >= 4 is 11.9 Å². The van der Waals surface area contributed by atoms with Crippen molar-refractivity contribution in [1.29, 1.82) is 0 Å². The zero-order chi connectivity index (χ0) is 18.3. The van der Waals surface area contributed by atoms with Gasteiger partial charge in [-0.3, -0.25) is 4.79 Å². The van der Waals surface area contributed by atoms with E-state index in [2.05, 4.69) is 17.4 Å². The lowest BCUT2D eigenvalue weighted by Crippen LogP contribution is -2.43. The lowest BCUT2D eigenvalue weighted by atomic mass is 10.0. The van der Waals surface area contributed by atoms with Crippen molar-refractivity contribution in [3.8, 4) is 5.75 Å². The van der Waals surface area contributed by atoms with Crippen LogP contribution in [0.1, 0.15) is 22.6 Å². The number of hydrogen-bond acceptors (Lipinski definition) is 3. The fraction of sp³-hybridized carbons (Fsp3) is 0.333. The second-order valence-corrected chi connectivity index (χ2v) is 7.07. The van der Waals surface area contributed by atoms with E-state index in [1.165, 1.54) is 11.1 Å². The minimum absolute atomic E-state index is 0.0999. The van der Waals surface area contributed by atoms with Crippen LogP contribution in [0.3, 0.4) is 0 Å². The Morgan fingerprint density at radius 2 is 2.04 bits per heavy atom. The van der Waals surface area contributed by atoms with Crippen LogP contribution in [0.5, 0.6) is 5.75 Å². The summed E-state index contributed by atoms with van der Waals surface area (Å²) in [4.78, 5) is 24.3. The summed E-state index contributed by atoms with van der Waals surface area (Å²) < 4.78 is 5.18. The number of amides is 1. The van der Waals surface area contributed by atoms with Crippen molar-refractivity contribution in [3.05, 3.63) is 65.2 Å². The normalized spacial score (nSPS) is 23.5. The first kappa shape index (κ1) is 16.6. The molecular formula is C21H21NO4. The van der Waals surface area contributed by atoms with E-state index in [0.717, 1.165) is 12.0 Å². The molecule has 5 heteroatoms. The molecular weight excluding hydrogens is 330 g/mol. The Hall–Kier alpha value is -2.82. The van der Waals surface area contributed by atoms with Gasteiger partial charge in [0.2, 0.25) is 5.91 Å². The first-order chi connectivity index (χ1) is 12.6. The number of carbonyl (C=O) groups excluding carboxylic acids is 1. The molecule has 2 aliphatic carbocycles. The average Bonchev–Trinajstić information content (AvgIpc) is 3.23. The van der Waals surface area contributed by atoms with Crippen molar-refractivity contribution in [2.75, 3.05) is 7.11 Å². The van der Waals surface area contributed by atoms with Gasteiger partial charge in [-0.15, -0.1) is 0 Å². The zero-order valence-electron chi connectivity index (χ0n) is 14.5. The van der Waals surface area contributed by atoms with Gasteiger partial charge in [0.25, 0.3) is 0 Å². The molecule has 0 saturated heterocycles. The first-order valence-electron chi connectivity index (χ1n) is 8.82. The summed E-state index contributed by atoms with van der Waals surface area (Å²) in [5.74, 6) is -0.0309. The second kappa shape index (κ2) is 6.48. The summed E-state index contributed by atoms with van der Waals surface area (Å²) in [7, 11) is 1.57. The first-order valence-corrected chi connectivity index (χ1v) is 8.82. The van der Waals surface area contributed by atoms with Crippen molar-refractivity contribution < 1.29 is 19.4 Å². The van der Waals surface area contributed by atoms with Crippen LogP contribution >= 0.6 is 0 Å². The molecule has 0 heterocycles. The van der Waals surface area contributed by atoms with E-state index in [1.807, 2.05) is 24.3 Å². The Bertz CT molecular complexity index is 863. The quantitative estimate of drug-likeness (QED) is 0.838. The maximum absolute atomic E-state index is 12.7. The van der Waals surface area contributed by atoms with Crippen LogP contribution in [0, 0.1) is 11.8 Å². The number of methoxy groups -OCH3 is 1. The number of fused-ring (bicyclic) bond motifs is 3. The predicted octanol–water partition coefficient (Wildman–Crippen LogP) is 2.39. The molecule has 0 spiro atoms. The van der Waals surface area contributed by atoms with Gasteiger partial charge in [0.15, 0.2) is 0 Å². The van der Waals surface area contributed by atoms with Crippen LogP contribution in [-0.4, -0.2) is 30.1 Å². The number of nitrogens with one attached hydrogen (secondary N) is 1. The highest BCUT2D eigenvalue weighted by Gasteiger charge is 2.59.